The second-order valence-electron chi connectivity index (χ2n) is 4.98. The highest BCUT2D eigenvalue weighted by Crippen LogP contribution is 2.26. The highest BCUT2D eigenvalue weighted by atomic mass is 16.3. The predicted octanol–water partition coefficient (Wildman–Crippen LogP) is 2.16. The van der Waals surface area contributed by atoms with Crippen LogP contribution in [0.3, 0.4) is 0 Å². The molecular weight excluding hydrogens is 198 g/mol. The molecule has 16 heavy (non-hydrogen) atoms. The lowest BCUT2D eigenvalue weighted by molar-refractivity contribution is 0.0429. The van der Waals surface area contributed by atoms with Gasteiger partial charge in [0.25, 0.3) is 0 Å². The highest BCUT2D eigenvalue weighted by Gasteiger charge is 2.26. The molecule has 1 aliphatic rings. The number of rotatable bonds is 4. The van der Waals surface area contributed by atoms with Gasteiger partial charge < -0.3 is 10.4 Å². The van der Waals surface area contributed by atoms with Crippen molar-refractivity contribution >= 4 is 0 Å². The topological polar surface area (TPSA) is 32.3 Å². The van der Waals surface area contributed by atoms with Crippen LogP contribution in [0.4, 0.5) is 0 Å². The molecule has 2 heteroatoms. The molecule has 0 saturated heterocycles. The summed E-state index contributed by atoms with van der Waals surface area (Å²) in [6, 6.07) is 6.46. The monoisotopic (exact) mass is 219 g/mol. The Morgan fingerprint density at radius 2 is 2.06 bits per heavy atom. The number of aliphatic hydroxyl groups excluding tert-OH is 1. The normalized spacial score (nSPS) is 24.2. The van der Waals surface area contributed by atoms with E-state index in [2.05, 4.69) is 37.4 Å². The van der Waals surface area contributed by atoms with E-state index in [4.69, 9.17) is 0 Å². The fraction of sp³-hybridized carbons (Fsp3) is 0.571. The molecule has 1 aliphatic carbocycles. The molecular formula is C14H21NO. The molecule has 1 saturated carbocycles. The van der Waals surface area contributed by atoms with Gasteiger partial charge in [0.15, 0.2) is 0 Å². The first kappa shape index (κ1) is 11.6. The molecule has 1 aromatic carbocycles. The molecule has 0 unspecified atom stereocenters. The number of aryl methyl sites for hydroxylation is 1. The van der Waals surface area contributed by atoms with E-state index in [0.717, 1.165) is 25.9 Å². The van der Waals surface area contributed by atoms with Gasteiger partial charge in [-0.25, -0.2) is 0 Å². The molecule has 0 atom stereocenters. The Morgan fingerprint density at radius 1 is 1.31 bits per heavy atom. The summed E-state index contributed by atoms with van der Waals surface area (Å²) in [7, 11) is 0. The molecule has 1 aromatic rings. The second-order valence-corrected chi connectivity index (χ2v) is 4.98. The maximum absolute atomic E-state index is 9.19. The summed E-state index contributed by atoms with van der Waals surface area (Å²) in [5.74, 6) is 0.681. The largest absolute Gasteiger partial charge is 0.393 e. The zero-order valence-corrected chi connectivity index (χ0v) is 10.2. The average molecular weight is 219 g/mol. The Labute approximate surface area is 97.7 Å². The third-order valence-electron chi connectivity index (χ3n) is 3.68. The van der Waals surface area contributed by atoms with Crippen molar-refractivity contribution in [1.29, 1.82) is 0 Å². The summed E-state index contributed by atoms with van der Waals surface area (Å²) >= 11 is 0. The van der Waals surface area contributed by atoms with Crippen LogP contribution in [0.2, 0.25) is 0 Å². The fourth-order valence-electron chi connectivity index (χ4n) is 2.28. The van der Waals surface area contributed by atoms with E-state index in [9.17, 15) is 5.11 Å². The summed E-state index contributed by atoms with van der Waals surface area (Å²) in [4.78, 5) is 0. The molecule has 0 spiro atoms. The van der Waals surface area contributed by atoms with E-state index in [-0.39, 0.29) is 6.10 Å². The quantitative estimate of drug-likeness (QED) is 0.813. The first-order valence-corrected chi connectivity index (χ1v) is 6.10. The van der Waals surface area contributed by atoms with Crippen molar-refractivity contribution < 1.29 is 5.11 Å². The van der Waals surface area contributed by atoms with Gasteiger partial charge in [0.1, 0.15) is 0 Å². The minimum Gasteiger partial charge on any atom is -0.393 e. The van der Waals surface area contributed by atoms with Gasteiger partial charge in [-0.05, 0) is 55.8 Å². The molecule has 88 valence electrons. The minimum absolute atomic E-state index is 0.0347. The van der Waals surface area contributed by atoms with Crippen molar-refractivity contribution in [2.75, 3.05) is 6.54 Å². The molecule has 0 amide bonds. The second kappa shape index (κ2) is 4.98. The number of hydrogen-bond acceptors (Lipinski definition) is 2. The minimum atomic E-state index is -0.0347. The highest BCUT2D eigenvalue weighted by molar-refractivity contribution is 5.32. The van der Waals surface area contributed by atoms with E-state index in [1.165, 1.54) is 16.7 Å². The van der Waals surface area contributed by atoms with Gasteiger partial charge in [-0.3, -0.25) is 0 Å². The first-order chi connectivity index (χ1) is 7.66. The molecule has 0 aromatic heterocycles. The van der Waals surface area contributed by atoms with Crippen LogP contribution in [0.25, 0.3) is 0 Å². The van der Waals surface area contributed by atoms with E-state index in [0.29, 0.717) is 5.92 Å². The van der Waals surface area contributed by atoms with Gasteiger partial charge in [-0.1, -0.05) is 18.2 Å². The van der Waals surface area contributed by atoms with Gasteiger partial charge in [-0.2, -0.15) is 0 Å². The third kappa shape index (κ3) is 2.63. The zero-order chi connectivity index (χ0) is 11.5. The maximum Gasteiger partial charge on any atom is 0.0546 e. The number of nitrogens with one attached hydrogen (secondary N) is 1. The predicted molar refractivity (Wildman–Crippen MR) is 66.4 cm³/mol. The Balaban J connectivity index is 1.79. The van der Waals surface area contributed by atoms with Gasteiger partial charge in [0, 0.05) is 6.54 Å². The number of benzene rings is 1. The molecule has 2 nitrogen and oxygen atoms in total. The summed E-state index contributed by atoms with van der Waals surface area (Å²) in [6.07, 6.45) is 1.91. The number of hydrogen-bond donors (Lipinski definition) is 2. The molecule has 2 rings (SSSR count). The maximum atomic E-state index is 9.19. The van der Waals surface area contributed by atoms with Crippen LogP contribution in [-0.4, -0.2) is 17.8 Å². The van der Waals surface area contributed by atoms with Crippen LogP contribution < -0.4 is 5.32 Å². The lowest BCUT2D eigenvalue weighted by atomic mass is 9.82. The number of aliphatic hydroxyl groups is 1. The lowest BCUT2D eigenvalue weighted by Crippen LogP contribution is -2.36. The summed E-state index contributed by atoms with van der Waals surface area (Å²) < 4.78 is 0. The summed E-state index contributed by atoms with van der Waals surface area (Å²) in [5.41, 5.74) is 4.14. The van der Waals surface area contributed by atoms with E-state index < -0.39 is 0 Å². The van der Waals surface area contributed by atoms with Crippen molar-refractivity contribution in [3.05, 3.63) is 34.9 Å². The molecule has 1 fully saturated rings. The molecule has 0 radical (unpaired) electrons. The average Bonchev–Trinajstić information content (AvgIpc) is 2.21. The van der Waals surface area contributed by atoms with Crippen molar-refractivity contribution in [2.24, 2.45) is 5.92 Å². The summed E-state index contributed by atoms with van der Waals surface area (Å²) in [6.45, 7) is 6.31. The molecule has 2 N–H and O–H groups in total. The van der Waals surface area contributed by atoms with Gasteiger partial charge in [-0.15, -0.1) is 0 Å². The lowest BCUT2D eigenvalue weighted by Gasteiger charge is -2.31. The Hall–Kier alpha value is -0.860. The molecule has 0 heterocycles. The zero-order valence-electron chi connectivity index (χ0n) is 10.2. The van der Waals surface area contributed by atoms with E-state index in [1.54, 1.807) is 0 Å². The van der Waals surface area contributed by atoms with Crippen LogP contribution in [0, 0.1) is 19.8 Å². The molecule has 0 bridgehead atoms. The Bertz CT molecular complexity index is 356. The van der Waals surface area contributed by atoms with Crippen molar-refractivity contribution in [2.45, 2.75) is 39.3 Å². The Morgan fingerprint density at radius 3 is 2.75 bits per heavy atom. The van der Waals surface area contributed by atoms with Crippen molar-refractivity contribution in [3.63, 3.8) is 0 Å². The van der Waals surface area contributed by atoms with Crippen LogP contribution in [-0.2, 0) is 6.54 Å². The van der Waals surface area contributed by atoms with Crippen molar-refractivity contribution in [1.82, 2.24) is 5.32 Å². The van der Waals surface area contributed by atoms with E-state index in [1.807, 2.05) is 0 Å². The fourth-order valence-corrected chi connectivity index (χ4v) is 2.28. The standard InChI is InChI=1S/C14H21NO/c1-10-4-3-5-13(11(10)2)9-15-8-12-6-14(16)7-12/h3-5,12,14-16H,6-9H2,1-2H3. The molecule has 0 aliphatic heterocycles. The smallest absolute Gasteiger partial charge is 0.0546 e. The van der Waals surface area contributed by atoms with Gasteiger partial charge in [0.2, 0.25) is 0 Å². The SMILES string of the molecule is Cc1cccc(CNCC2CC(O)C2)c1C. The van der Waals surface area contributed by atoms with Crippen molar-refractivity contribution in [3.8, 4) is 0 Å². The van der Waals surface area contributed by atoms with Crippen LogP contribution in [0.1, 0.15) is 29.5 Å². The third-order valence-corrected chi connectivity index (χ3v) is 3.68. The first-order valence-electron chi connectivity index (χ1n) is 6.10. The summed E-state index contributed by atoms with van der Waals surface area (Å²) in [5, 5.41) is 12.7. The van der Waals surface area contributed by atoms with E-state index >= 15 is 0 Å². The van der Waals surface area contributed by atoms with Crippen LogP contribution in [0.5, 0.6) is 0 Å². The van der Waals surface area contributed by atoms with Gasteiger partial charge >= 0.3 is 0 Å². The van der Waals surface area contributed by atoms with Crippen LogP contribution >= 0.6 is 0 Å². The van der Waals surface area contributed by atoms with Gasteiger partial charge in [0.05, 0.1) is 6.10 Å². The van der Waals surface area contributed by atoms with Crippen LogP contribution in [0.15, 0.2) is 18.2 Å². The Kier molecular flexibility index (Phi) is 3.62.